The normalized spacial score (nSPS) is 22.0. The first-order valence-electron chi connectivity index (χ1n) is 23.5. The first kappa shape index (κ1) is 73.3. The minimum atomic E-state index is -8.77. The van der Waals surface area contributed by atoms with Crippen molar-refractivity contribution in [1.29, 1.82) is 0 Å². The summed E-state index contributed by atoms with van der Waals surface area (Å²) in [4.78, 5) is 38.9. The van der Waals surface area contributed by atoms with Crippen LogP contribution in [-0.4, -0.2) is 135 Å². The van der Waals surface area contributed by atoms with E-state index in [1.54, 1.807) is 0 Å². The topological polar surface area (TPSA) is 107 Å². The molecule has 0 aliphatic carbocycles. The smallest absolute Gasteiger partial charge is 0.460 e. The van der Waals surface area contributed by atoms with Crippen LogP contribution in [0.4, 0.5) is 114 Å². The van der Waals surface area contributed by atoms with E-state index >= 15 is 0 Å². The quantitative estimate of drug-likeness (QED) is 0.0348. The van der Waals surface area contributed by atoms with Crippen LogP contribution in [0, 0.1) is 0 Å². The second kappa shape index (κ2) is 25.4. The van der Waals surface area contributed by atoms with E-state index in [0.717, 1.165) is 43.3 Å². The highest BCUT2D eigenvalue weighted by Crippen LogP contribution is 2.64. The van der Waals surface area contributed by atoms with Gasteiger partial charge in [-0.2, -0.15) is 114 Å². The molecule has 0 radical (unpaired) electrons. The molecule has 36 heteroatoms. The molecule has 9 nitrogen and oxygen atoms in total. The van der Waals surface area contributed by atoms with Crippen LogP contribution in [0.15, 0.2) is 48.6 Å². The van der Waals surface area contributed by atoms with Gasteiger partial charge in [-0.3, -0.25) is 4.79 Å². The molecule has 0 aromatic heterocycles. The van der Waals surface area contributed by atoms with Crippen molar-refractivity contribution in [3.8, 4) is 5.75 Å². The first-order valence-corrected chi connectivity index (χ1v) is 25.8. The van der Waals surface area contributed by atoms with Crippen LogP contribution < -0.4 is 4.74 Å². The molecule has 0 fully saturated rings. The number of halogens is 26. The van der Waals surface area contributed by atoms with Crippen molar-refractivity contribution in [2.45, 2.75) is 200 Å². The zero-order chi connectivity index (χ0) is 64.3. The average molecular weight is 1270 g/mol. The molecular formula is C46H50F26O9Si. The van der Waals surface area contributed by atoms with Crippen LogP contribution in [0.1, 0.15) is 79.7 Å². The zero-order valence-electron chi connectivity index (χ0n) is 43.1. The van der Waals surface area contributed by atoms with Crippen molar-refractivity contribution in [2.24, 2.45) is 0 Å². The third-order valence-electron chi connectivity index (χ3n) is 12.6. The molecule has 1 aliphatic heterocycles. The summed E-state index contributed by atoms with van der Waals surface area (Å²) in [7, 11) is -4.19. The first-order chi connectivity index (χ1) is 36.6. The van der Waals surface area contributed by atoms with Gasteiger partial charge in [-0.05, 0) is 74.2 Å². The maximum Gasteiger partial charge on any atom is 0.460 e. The van der Waals surface area contributed by atoms with E-state index in [1.165, 1.54) is 41.5 Å². The molecule has 474 valence electrons. The number of rotatable bonds is 23. The molecule has 0 bridgehead atoms. The van der Waals surface area contributed by atoms with E-state index in [9.17, 15) is 129 Å². The maximum atomic E-state index is 14.9. The molecule has 0 N–H and O–H groups in total. The molecule has 1 aromatic rings. The van der Waals surface area contributed by atoms with E-state index in [1.807, 2.05) is 0 Å². The predicted molar refractivity (Wildman–Crippen MR) is 231 cm³/mol. The molecule has 0 saturated carbocycles. The Balaban J connectivity index is 2.34. The van der Waals surface area contributed by atoms with E-state index in [-0.39, 0.29) is 5.56 Å². The highest BCUT2D eigenvalue weighted by molar-refractivity contribution is 6.76. The summed E-state index contributed by atoms with van der Waals surface area (Å²) < 4.78 is 389. The van der Waals surface area contributed by atoms with Crippen LogP contribution in [0.3, 0.4) is 0 Å². The lowest BCUT2D eigenvalue weighted by Crippen LogP contribution is -2.74. The van der Waals surface area contributed by atoms with Gasteiger partial charge in [0.05, 0.1) is 19.6 Å². The van der Waals surface area contributed by atoms with Gasteiger partial charge in [0.1, 0.15) is 36.3 Å². The fourth-order valence-electron chi connectivity index (χ4n) is 7.57. The number of hydrogen-bond acceptors (Lipinski definition) is 9. The van der Waals surface area contributed by atoms with E-state index in [0.29, 0.717) is 12.2 Å². The minimum Gasteiger partial charge on any atom is -0.494 e. The summed E-state index contributed by atoms with van der Waals surface area (Å²) >= 11 is 0. The molecule has 5 atom stereocenters. The largest absolute Gasteiger partial charge is 0.494 e. The van der Waals surface area contributed by atoms with Gasteiger partial charge in [-0.15, -0.1) is 0 Å². The molecule has 0 spiro atoms. The monoisotopic (exact) mass is 1270 g/mol. The third kappa shape index (κ3) is 15.0. The Labute approximate surface area is 449 Å². The molecule has 1 aromatic carbocycles. The second-order valence-electron chi connectivity index (χ2n) is 19.2. The minimum absolute atomic E-state index is 0.109. The Bertz CT molecular complexity index is 2360. The van der Waals surface area contributed by atoms with Gasteiger partial charge in [-0.1, -0.05) is 39.8 Å². The van der Waals surface area contributed by atoms with Crippen LogP contribution in [0.25, 0.3) is 0 Å². The second-order valence-corrected chi connectivity index (χ2v) is 24.2. The van der Waals surface area contributed by atoms with Gasteiger partial charge in [0, 0.05) is 25.0 Å². The Morgan fingerprint density at radius 3 is 1.37 bits per heavy atom. The van der Waals surface area contributed by atoms with Crippen molar-refractivity contribution >= 4 is 26.2 Å². The molecule has 1 heterocycles. The Kier molecular flexibility index (Phi) is 22.7. The van der Waals surface area contributed by atoms with E-state index in [2.05, 4.69) is 0 Å². The maximum absolute atomic E-state index is 14.9. The molecule has 1 aliphatic rings. The summed E-state index contributed by atoms with van der Waals surface area (Å²) in [6.07, 6.45) is -26.5. The van der Waals surface area contributed by atoms with Crippen molar-refractivity contribution in [1.82, 2.24) is 0 Å². The predicted octanol–water partition coefficient (Wildman–Crippen LogP) is 15.1. The number of esters is 3. The number of cyclic esters (lactones) is 3. The van der Waals surface area contributed by atoms with E-state index in [4.69, 9.17) is 28.1 Å². The summed E-state index contributed by atoms with van der Waals surface area (Å²) in [5.74, 6) is -81.5. The average Bonchev–Trinajstić information content (AvgIpc) is 3.31. The van der Waals surface area contributed by atoms with Gasteiger partial charge in [0.25, 0.3) is 0 Å². The van der Waals surface area contributed by atoms with Gasteiger partial charge >= 0.3 is 89.5 Å². The SMILES string of the molecule is CC(C)[Si](CCC(F)(F)C(F)(F)C(F)(F)C(F)(F)F)(O[C@H]1/C=C/C(=O)O[C@@H](C)CC(=O)O[C@@H](C)[C@H](OCc2ccc(OCCCC(F)(F)C(F)(F)C(F)(F)C(F)(F)C(F)(F)C(F)(F)C(F)(F)C(F)(F)F)cc2)/C=C/C(=O)O[C@H]1C)C(C)C. The van der Waals surface area contributed by atoms with Crippen LogP contribution in [0.2, 0.25) is 17.1 Å². The summed E-state index contributed by atoms with van der Waals surface area (Å²) in [5, 5.41) is 0. The number of alkyl halides is 26. The number of carbonyl (C=O) groups excluding carboxylic acids is 3. The molecule has 0 saturated heterocycles. The molecule has 0 amide bonds. The van der Waals surface area contributed by atoms with Crippen LogP contribution in [-0.2, 0) is 44.4 Å². The van der Waals surface area contributed by atoms with Crippen LogP contribution in [0.5, 0.6) is 5.75 Å². The molecule has 0 unspecified atom stereocenters. The zero-order valence-corrected chi connectivity index (χ0v) is 44.1. The fraction of sp³-hybridized carbons (Fsp3) is 0.717. The van der Waals surface area contributed by atoms with Crippen molar-refractivity contribution < 1.29 is 157 Å². The lowest BCUT2D eigenvalue weighted by Gasteiger charge is -2.43. The van der Waals surface area contributed by atoms with Gasteiger partial charge in [0.2, 0.25) is 0 Å². The highest BCUT2D eigenvalue weighted by Gasteiger charge is 2.95. The molecule has 2 rings (SSSR count). The lowest BCUT2D eigenvalue weighted by atomic mass is 9.88. The fourth-order valence-corrected chi connectivity index (χ4v) is 12.2. The van der Waals surface area contributed by atoms with Gasteiger partial charge in [-0.25, -0.2) is 9.59 Å². The lowest BCUT2D eigenvalue weighted by molar-refractivity contribution is -0.461. The van der Waals surface area contributed by atoms with Gasteiger partial charge < -0.3 is 28.1 Å². The highest BCUT2D eigenvalue weighted by atomic mass is 28.4. The third-order valence-corrected chi connectivity index (χ3v) is 18.2. The Morgan fingerprint density at radius 1 is 0.512 bits per heavy atom. The standard InChI is InChI=1S/C46H50F26O9Si/c1-23(2)82(24(3)4,20-18-36(49,50)38(53,54)43(63,64)45(67,68)69)81-31-14-16-32(73)78-25(5)21-34(75)80-26(6)30(13-15-33(74)79-27(31)7)77-22-28-9-11-29(12-10-28)76-19-8-17-35(47,48)37(51,52)39(55,56)40(57,58)41(59,60)42(61,62)44(65,66)46(70,71)72/h9-16,23-27,30-31H,8,17-22H2,1-7H3/b15-13+,16-14+/t25-,26-,27-,30+,31-/m0/s1. The number of carbonyl (C=O) groups is 3. The van der Waals surface area contributed by atoms with Crippen LogP contribution >= 0.6 is 0 Å². The Morgan fingerprint density at radius 2 is 0.902 bits per heavy atom. The summed E-state index contributed by atoms with van der Waals surface area (Å²) in [5.41, 5.74) is -1.77. The van der Waals surface area contributed by atoms with Crippen molar-refractivity contribution in [3.63, 3.8) is 0 Å². The van der Waals surface area contributed by atoms with Gasteiger partial charge in [0.15, 0.2) is 8.32 Å². The molecular weight excluding hydrogens is 1220 g/mol. The number of ether oxygens (including phenoxy) is 5. The van der Waals surface area contributed by atoms with Crippen molar-refractivity contribution in [2.75, 3.05) is 6.61 Å². The summed E-state index contributed by atoms with van der Waals surface area (Å²) in [6, 6.07) is 2.94. The number of hydrogen-bond donors (Lipinski definition) is 0. The van der Waals surface area contributed by atoms with Crippen molar-refractivity contribution in [3.05, 3.63) is 54.1 Å². The Hall–Kier alpha value is -4.77. The number of benzene rings is 1. The molecule has 82 heavy (non-hydrogen) atoms. The summed E-state index contributed by atoms with van der Waals surface area (Å²) in [6.45, 7) is 7.08. The van der Waals surface area contributed by atoms with E-state index < -0.39 is 190 Å².